The largest absolute Gasteiger partial charge is 0.475 e. The summed E-state index contributed by atoms with van der Waals surface area (Å²) in [6.45, 7) is 1.72. The third-order valence-electron chi connectivity index (χ3n) is 3.71. The Balaban J connectivity index is 1.95. The average Bonchev–Trinajstić information content (AvgIpc) is 3.07. The van der Waals surface area contributed by atoms with Crippen LogP contribution in [0.1, 0.15) is 16.1 Å². The highest BCUT2D eigenvalue weighted by molar-refractivity contribution is 7.92. The van der Waals surface area contributed by atoms with E-state index in [0.29, 0.717) is 22.6 Å². The Morgan fingerprint density at radius 2 is 1.77 bits per heavy atom. The highest BCUT2D eigenvalue weighted by atomic mass is 32.2. The molecular formula is C18H14FNO5S. The number of rotatable bonds is 5. The van der Waals surface area contributed by atoms with E-state index in [4.69, 9.17) is 9.52 Å². The van der Waals surface area contributed by atoms with Crippen LogP contribution in [0.15, 0.2) is 63.9 Å². The van der Waals surface area contributed by atoms with Crippen molar-refractivity contribution < 1.29 is 27.1 Å². The standard InChI is InChI=1S/C18H14FNO5S/c1-11-2-3-12(16-8-9-17(25-16)18(21)22)10-15(11)20-26(23,24)14-6-4-13(19)5-7-14/h2-10,20H,1H3,(H,21,22). The van der Waals surface area contributed by atoms with Crippen molar-refractivity contribution in [1.29, 1.82) is 0 Å². The van der Waals surface area contributed by atoms with Crippen LogP contribution < -0.4 is 4.72 Å². The monoisotopic (exact) mass is 375 g/mol. The Morgan fingerprint density at radius 3 is 2.38 bits per heavy atom. The maximum atomic E-state index is 13.0. The zero-order valence-electron chi connectivity index (χ0n) is 13.6. The lowest BCUT2D eigenvalue weighted by Gasteiger charge is -2.12. The van der Waals surface area contributed by atoms with Crippen molar-refractivity contribution in [3.8, 4) is 11.3 Å². The van der Waals surface area contributed by atoms with Crippen LogP contribution in [0.4, 0.5) is 10.1 Å². The highest BCUT2D eigenvalue weighted by Gasteiger charge is 2.17. The van der Waals surface area contributed by atoms with Gasteiger partial charge in [0.1, 0.15) is 11.6 Å². The summed E-state index contributed by atoms with van der Waals surface area (Å²) in [6.07, 6.45) is 0. The van der Waals surface area contributed by atoms with E-state index in [2.05, 4.69) is 4.72 Å². The lowest BCUT2D eigenvalue weighted by Crippen LogP contribution is -2.13. The molecule has 3 rings (SSSR count). The van der Waals surface area contributed by atoms with E-state index in [1.54, 1.807) is 25.1 Å². The van der Waals surface area contributed by atoms with Gasteiger partial charge < -0.3 is 9.52 Å². The molecule has 1 heterocycles. The van der Waals surface area contributed by atoms with Gasteiger partial charge in [-0.25, -0.2) is 17.6 Å². The average molecular weight is 375 g/mol. The fourth-order valence-electron chi connectivity index (χ4n) is 2.31. The molecule has 0 bridgehead atoms. The summed E-state index contributed by atoms with van der Waals surface area (Å²) in [7, 11) is -3.90. The van der Waals surface area contributed by atoms with Gasteiger partial charge in [0, 0.05) is 5.56 Å². The zero-order valence-corrected chi connectivity index (χ0v) is 14.4. The number of carboxylic acid groups (broad SMARTS) is 1. The molecule has 0 radical (unpaired) electrons. The molecule has 26 heavy (non-hydrogen) atoms. The molecule has 8 heteroatoms. The predicted molar refractivity (Wildman–Crippen MR) is 93.0 cm³/mol. The summed E-state index contributed by atoms with van der Waals surface area (Å²) >= 11 is 0. The number of nitrogens with one attached hydrogen (secondary N) is 1. The lowest BCUT2D eigenvalue weighted by molar-refractivity contribution is 0.0663. The number of aryl methyl sites for hydroxylation is 1. The first-order chi connectivity index (χ1) is 12.3. The number of carboxylic acids is 1. The van der Waals surface area contributed by atoms with Gasteiger partial charge in [-0.3, -0.25) is 4.72 Å². The number of aromatic carboxylic acids is 1. The highest BCUT2D eigenvalue weighted by Crippen LogP contribution is 2.28. The fraction of sp³-hybridized carbons (Fsp3) is 0.0556. The van der Waals surface area contributed by atoms with Crippen LogP contribution in [0, 0.1) is 12.7 Å². The lowest BCUT2D eigenvalue weighted by atomic mass is 10.1. The van der Waals surface area contributed by atoms with Crippen LogP contribution in [0.3, 0.4) is 0 Å². The van der Waals surface area contributed by atoms with Gasteiger partial charge >= 0.3 is 5.97 Å². The molecule has 0 saturated heterocycles. The van der Waals surface area contributed by atoms with E-state index in [-0.39, 0.29) is 10.7 Å². The maximum Gasteiger partial charge on any atom is 0.371 e. The number of halogens is 1. The second-order valence-corrected chi connectivity index (χ2v) is 7.24. The zero-order chi connectivity index (χ0) is 18.9. The Hall–Kier alpha value is -3.13. The van der Waals surface area contributed by atoms with Gasteiger partial charge in [-0.05, 0) is 55.0 Å². The molecule has 0 atom stereocenters. The molecule has 3 aromatic rings. The van der Waals surface area contributed by atoms with E-state index < -0.39 is 21.8 Å². The van der Waals surface area contributed by atoms with Crippen molar-refractivity contribution >= 4 is 21.7 Å². The van der Waals surface area contributed by atoms with Crippen molar-refractivity contribution in [2.75, 3.05) is 4.72 Å². The molecule has 2 aromatic carbocycles. The van der Waals surface area contributed by atoms with Gasteiger partial charge in [0.25, 0.3) is 10.0 Å². The quantitative estimate of drug-likeness (QED) is 0.705. The maximum absolute atomic E-state index is 13.0. The molecule has 0 aliphatic heterocycles. The number of furan rings is 1. The summed E-state index contributed by atoms with van der Waals surface area (Å²) in [6, 6.07) is 12.2. The number of carbonyl (C=O) groups is 1. The van der Waals surface area contributed by atoms with E-state index >= 15 is 0 Å². The first-order valence-electron chi connectivity index (χ1n) is 7.49. The van der Waals surface area contributed by atoms with Crippen LogP contribution in [-0.2, 0) is 10.0 Å². The summed E-state index contributed by atoms with van der Waals surface area (Å²) in [4.78, 5) is 10.8. The molecule has 0 saturated carbocycles. The van der Waals surface area contributed by atoms with E-state index in [1.807, 2.05) is 0 Å². The van der Waals surface area contributed by atoms with Crippen molar-refractivity contribution in [3.05, 3.63) is 71.7 Å². The van der Waals surface area contributed by atoms with Crippen molar-refractivity contribution in [3.63, 3.8) is 0 Å². The summed E-state index contributed by atoms with van der Waals surface area (Å²) in [5.74, 6) is -1.64. The molecule has 1 aromatic heterocycles. The van der Waals surface area contributed by atoms with Crippen LogP contribution in [-0.4, -0.2) is 19.5 Å². The Bertz CT molecular complexity index is 1070. The fourth-order valence-corrected chi connectivity index (χ4v) is 3.43. The molecule has 6 nitrogen and oxygen atoms in total. The van der Waals surface area contributed by atoms with Gasteiger partial charge in [0.05, 0.1) is 10.6 Å². The topological polar surface area (TPSA) is 96.6 Å². The first-order valence-corrected chi connectivity index (χ1v) is 8.97. The van der Waals surface area contributed by atoms with Gasteiger partial charge in [-0.1, -0.05) is 12.1 Å². The molecule has 0 aliphatic carbocycles. The van der Waals surface area contributed by atoms with Crippen molar-refractivity contribution in [1.82, 2.24) is 0 Å². The third kappa shape index (κ3) is 3.60. The number of anilines is 1. The minimum absolute atomic E-state index is 0.0742. The Labute approximate surface area is 149 Å². The van der Waals surface area contributed by atoms with Gasteiger partial charge in [0.15, 0.2) is 0 Å². The second kappa shape index (κ2) is 6.64. The van der Waals surface area contributed by atoms with Gasteiger partial charge in [-0.15, -0.1) is 0 Å². The predicted octanol–water partition coefficient (Wildman–Crippen LogP) is 3.89. The number of hydrogen-bond acceptors (Lipinski definition) is 4. The van der Waals surface area contributed by atoms with Crippen LogP contribution in [0.2, 0.25) is 0 Å². The first kappa shape index (κ1) is 17.7. The number of hydrogen-bond donors (Lipinski definition) is 2. The molecule has 0 aliphatic rings. The second-order valence-electron chi connectivity index (χ2n) is 5.56. The van der Waals surface area contributed by atoms with Crippen LogP contribution >= 0.6 is 0 Å². The van der Waals surface area contributed by atoms with Crippen LogP contribution in [0.25, 0.3) is 11.3 Å². The van der Waals surface area contributed by atoms with Gasteiger partial charge in [0.2, 0.25) is 5.76 Å². The van der Waals surface area contributed by atoms with E-state index in [9.17, 15) is 17.6 Å². The molecule has 2 N–H and O–H groups in total. The molecule has 0 amide bonds. The Kier molecular flexibility index (Phi) is 4.52. The minimum atomic E-state index is -3.90. The molecule has 0 unspecified atom stereocenters. The smallest absolute Gasteiger partial charge is 0.371 e. The van der Waals surface area contributed by atoms with E-state index in [1.165, 1.54) is 24.3 Å². The number of sulfonamides is 1. The van der Waals surface area contributed by atoms with Crippen molar-refractivity contribution in [2.24, 2.45) is 0 Å². The van der Waals surface area contributed by atoms with Crippen LogP contribution in [0.5, 0.6) is 0 Å². The molecular weight excluding hydrogens is 361 g/mol. The molecule has 134 valence electrons. The van der Waals surface area contributed by atoms with Crippen molar-refractivity contribution in [2.45, 2.75) is 11.8 Å². The summed E-state index contributed by atoms with van der Waals surface area (Å²) < 4.78 is 45.6. The summed E-state index contributed by atoms with van der Waals surface area (Å²) in [5, 5.41) is 8.93. The Morgan fingerprint density at radius 1 is 1.08 bits per heavy atom. The number of benzene rings is 2. The van der Waals surface area contributed by atoms with E-state index in [0.717, 1.165) is 12.1 Å². The third-order valence-corrected chi connectivity index (χ3v) is 5.09. The summed E-state index contributed by atoms with van der Waals surface area (Å²) in [5.41, 5.74) is 1.48. The SMILES string of the molecule is Cc1ccc(-c2ccc(C(=O)O)o2)cc1NS(=O)(=O)c1ccc(F)cc1. The normalized spacial score (nSPS) is 11.3. The molecule has 0 fully saturated rings. The molecule has 0 spiro atoms. The minimum Gasteiger partial charge on any atom is -0.475 e. The van der Waals surface area contributed by atoms with Gasteiger partial charge in [-0.2, -0.15) is 0 Å².